The van der Waals surface area contributed by atoms with Gasteiger partial charge in [-0.2, -0.15) is 0 Å². The van der Waals surface area contributed by atoms with Crippen molar-refractivity contribution in [3.8, 4) is 0 Å². The van der Waals surface area contributed by atoms with Gasteiger partial charge >= 0.3 is 0 Å². The fraction of sp³-hybridized carbons (Fsp3) is 0.308. The average molecular weight is 489 g/mol. The molecule has 1 atom stereocenters. The summed E-state index contributed by atoms with van der Waals surface area (Å²) in [5.74, 6) is -3.38. The Morgan fingerprint density at radius 3 is 1.69 bits per heavy atom. The van der Waals surface area contributed by atoms with Crippen molar-refractivity contribution in [2.24, 2.45) is 0 Å². The third-order valence-electron chi connectivity index (χ3n) is 6.97. The topological polar surface area (TPSA) is 133 Å². The monoisotopic (exact) mass is 488 g/mol. The maximum atomic E-state index is 13.2. The van der Waals surface area contributed by atoms with Crippen LogP contribution in [0.4, 0.5) is 0 Å². The van der Waals surface area contributed by atoms with E-state index in [0.29, 0.717) is 12.8 Å². The lowest BCUT2D eigenvalue weighted by Gasteiger charge is -2.34. The van der Waals surface area contributed by atoms with Crippen LogP contribution in [0.15, 0.2) is 48.5 Å². The van der Waals surface area contributed by atoms with Gasteiger partial charge in [0.1, 0.15) is 18.2 Å². The van der Waals surface area contributed by atoms with Gasteiger partial charge in [-0.15, -0.1) is 0 Å². The second kappa shape index (κ2) is 8.71. The van der Waals surface area contributed by atoms with E-state index in [1.54, 1.807) is 24.3 Å². The van der Waals surface area contributed by atoms with Gasteiger partial charge in [-0.1, -0.05) is 24.3 Å². The summed E-state index contributed by atoms with van der Waals surface area (Å²) >= 11 is 0. The molecule has 36 heavy (non-hydrogen) atoms. The first-order valence-corrected chi connectivity index (χ1v) is 11.8. The molecule has 2 heterocycles. The number of carbonyl (C=O) groups is 6. The number of rotatable bonds is 6. The van der Waals surface area contributed by atoms with Crippen LogP contribution in [0.1, 0.15) is 74.0 Å². The molecule has 2 N–H and O–H groups in total. The summed E-state index contributed by atoms with van der Waals surface area (Å²) < 4.78 is 0. The van der Waals surface area contributed by atoms with Crippen molar-refractivity contribution in [1.82, 2.24) is 20.4 Å². The number of imide groups is 2. The van der Waals surface area contributed by atoms with Crippen molar-refractivity contribution in [1.29, 1.82) is 0 Å². The smallest absolute Gasteiger partial charge is 0.262 e. The molecular formula is C26H24N4O6. The molecule has 5 rings (SSSR count). The summed E-state index contributed by atoms with van der Waals surface area (Å²) in [5, 5.41) is 5.62. The fourth-order valence-corrected chi connectivity index (χ4v) is 5.11. The molecule has 1 fully saturated rings. The highest BCUT2D eigenvalue weighted by Gasteiger charge is 2.44. The first-order chi connectivity index (χ1) is 17.2. The SMILES string of the molecule is CC(C(=O)NC1(NC(=O)CN2C(=O)c3ccccc3C2=O)CCCC1)N1C(=O)c2ccccc2C1=O. The largest absolute Gasteiger partial charge is 0.332 e. The van der Waals surface area contributed by atoms with Crippen LogP contribution in [0.25, 0.3) is 0 Å². The van der Waals surface area contributed by atoms with Crippen LogP contribution in [-0.4, -0.2) is 63.5 Å². The van der Waals surface area contributed by atoms with Crippen molar-refractivity contribution >= 4 is 35.4 Å². The van der Waals surface area contributed by atoms with E-state index in [4.69, 9.17) is 0 Å². The van der Waals surface area contributed by atoms with Crippen molar-refractivity contribution in [2.75, 3.05) is 6.54 Å². The van der Waals surface area contributed by atoms with E-state index in [2.05, 4.69) is 10.6 Å². The molecule has 0 aromatic heterocycles. The summed E-state index contributed by atoms with van der Waals surface area (Å²) in [6, 6.07) is 11.6. The minimum Gasteiger partial charge on any atom is -0.332 e. The predicted molar refractivity (Wildman–Crippen MR) is 126 cm³/mol. The van der Waals surface area contributed by atoms with Crippen LogP contribution in [0, 0.1) is 0 Å². The van der Waals surface area contributed by atoms with E-state index < -0.39 is 53.7 Å². The summed E-state index contributed by atoms with van der Waals surface area (Å²) in [7, 11) is 0. The highest BCUT2D eigenvalue weighted by atomic mass is 16.2. The van der Waals surface area contributed by atoms with Gasteiger partial charge in [-0.25, -0.2) is 0 Å². The zero-order valence-corrected chi connectivity index (χ0v) is 19.6. The predicted octanol–water partition coefficient (Wildman–Crippen LogP) is 1.47. The molecule has 10 heteroatoms. The zero-order chi connectivity index (χ0) is 25.6. The molecule has 0 spiro atoms. The second-order valence-electron chi connectivity index (χ2n) is 9.27. The minimum atomic E-state index is -1.11. The number of fused-ring (bicyclic) bond motifs is 2. The highest BCUT2D eigenvalue weighted by molar-refractivity contribution is 6.23. The van der Waals surface area contributed by atoms with E-state index in [-0.39, 0.29) is 22.3 Å². The Hall–Kier alpha value is -4.34. The first kappa shape index (κ1) is 23.4. The molecular weight excluding hydrogens is 464 g/mol. The molecule has 1 saturated carbocycles. The number of nitrogens with zero attached hydrogens (tertiary/aromatic N) is 2. The highest BCUT2D eigenvalue weighted by Crippen LogP contribution is 2.29. The molecule has 1 unspecified atom stereocenters. The van der Waals surface area contributed by atoms with Crippen LogP contribution in [0.2, 0.25) is 0 Å². The van der Waals surface area contributed by atoms with Crippen LogP contribution in [0.3, 0.4) is 0 Å². The van der Waals surface area contributed by atoms with Gasteiger partial charge in [-0.05, 0) is 56.9 Å². The third-order valence-corrected chi connectivity index (χ3v) is 6.97. The Morgan fingerprint density at radius 2 is 1.22 bits per heavy atom. The van der Waals surface area contributed by atoms with Crippen molar-refractivity contribution in [2.45, 2.75) is 44.3 Å². The van der Waals surface area contributed by atoms with Crippen LogP contribution in [-0.2, 0) is 9.59 Å². The van der Waals surface area contributed by atoms with E-state index in [9.17, 15) is 28.8 Å². The normalized spacial score (nSPS) is 18.8. The number of hydrogen-bond donors (Lipinski definition) is 2. The lowest BCUT2D eigenvalue weighted by Crippen LogP contribution is -2.63. The maximum absolute atomic E-state index is 13.2. The first-order valence-electron chi connectivity index (χ1n) is 11.8. The quantitative estimate of drug-likeness (QED) is 0.467. The molecule has 2 aromatic carbocycles. The second-order valence-corrected chi connectivity index (χ2v) is 9.27. The number of amides is 6. The minimum absolute atomic E-state index is 0.243. The molecule has 2 aliphatic heterocycles. The molecule has 3 aliphatic rings. The number of benzene rings is 2. The Balaban J connectivity index is 1.27. The summed E-state index contributed by atoms with van der Waals surface area (Å²) in [6.45, 7) is 0.970. The van der Waals surface area contributed by atoms with Crippen LogP contribution in [0.5, 0.6) is 0 Å². The molecule has 0 bridgehead atoms. The van der Waals surface area contributed by atoms with Crippen LogP contribution >= 0.6 is 0 Å². The average Bonchev–Trinajstić information content (AvgIpc) is 3.50. The maximum Gasteiger partial charge on any atom is 0.262 e. The Labute approximate surface area is 206 Å². The molecule has 6 amide bonds. The van der Waals surface area contributed by atoms with Gasteiger partial charge in [0.2, 0.25) is 11.8 Å². The van der Waals surface area contributed by atoms with Gasteiger partial charge in [0.25, 0.3) is 23.6 Å². The van der Waals surface area contributed by atoms with E-state index in [1.165, 1.54) is 31.2 Å². The van der Waals surface area contributed by atoms with Gasteiger partial charge < -0.3 is 10.6 Å². The number of nitrogens with one attached hydrogen (secondary N) is 2. The fourth-order valence-electron chi connectivity index (χ4n) is 5.11. The lowest BCUT2D eigenvalue weighted by atomic mass is 10.1. The van der Waals surface area contributed by atoms with Gasteiger partial charge in [-0.3, -0.25) is 38.6 Å². The lowest BCUT2D eigenvalue weighted by molar-refractivity contribution is -0.129. The zero-order valence-electron chi connectivity index (χ0n) is 19.6. The van der Waals surface area contributed by atoms with E-state index in [1.807, 2.05) is 0 Å². The van der Waals surface area contributed by atoms with Crippen molar-refractivity contribution in [3.05, 3.63) is 70.8 Å². The van der Waals surface area contributed by atoms with E-state index in [0.717, 1.165) is 22.6 Å². The standard InChI is InChI=1S/C26H24N4O6/c1-15(30-24(35)18-10-4-5-11-19(18)25(30)36)21(32)28-26(12-6-7-13-26)27-20(31)14-29-22(33)16-8-2-3-9-17(16)23(29)34/h2-5,8-11,15H,6-7,12-14H2,1H3,(H,27,31)(H,28,32). The molecule has 10 nitrogen and oxygen atoms in total. The molecule has 184 valence electrons. The van der Waals surface area contributed by atoms with Crippen molar-refractivity contribution in [3.63, 3.8) is 0 Å². The Bertz CT molecular complexity index is 1260. The number of carbonyl (C=O) groups excluding carboxylic acids is 6. The molecule has 0 radical (unpaired) electrons. The summed E-state index contributed by atoms with van der Waals surface area (Å²) in [5.41, 5.74) is -0.137. The summed E-state index contributed by atoms with van der Waals surface area (Å²) in [6.07, 6.45) is 2.33. The van der Waals surface area contributed by atoms with Gasteiger partial charge in [0, 0.05) is 0 Å². The van der Waals surface area contributed by atoms with Gasteiger partial charge in [0.05, 0.1) is 22.3 Å². The van der Waals surface area contributed by atoms with Gasteiger partial charge in [0.15, 0.2) is 0 Å². The molecule has 2 aromatic rings. The number of hydrogen-bond acceptors (Lipinski definition) is 6. The van der Waals surface area contributed by atoms with Crippen molar-refractivity contribution < 1.29 is 28.8 Å². The van der Waals surface area contributed by atoms with Crippen LogP contribution < -0.4 is 10.6 Å². The molecule has 1 aliphatic carbocycles. The molecule has 0 saturated heterocycles. The Kier molecular flexibility index (Phi) is 5.66. The third kappa shape index (κ3) is 3.74. The van der Waals surface area contributed by atoms with E-state index >= 15 is 0 Å². The Morgan fingerprint density at radius 1 is 0.778 bits per heavy atom. The summed E-state index contributed by atoms with van der Waals surface area (Å²) in [4.78, 5) is 78.7.